The zero-order valence-electron chi connectivity index (χ0n) is 10.1. The van der Waals surface area contributed by atoms with Crippen molar-refractivity contribution in [3.8, 4) is 0 Å². The van der Waals surface area contributed by atoms with Crippen LogP contribution < -0.4 is 10.0 Å². The summed E-state index contributed by atoms with van der Waals surface area (Å²) in [4.78, 5) is 3.88. The molecule has 1 rings (SSSR count). The van der Waals surface area contributed by atoms with Gasteiger partial charge in [-0.15, -0.1) is 0 Å². The molecule has 6 nitrogen and oxygen atoms in total. The van der Waals surface area contributed by atoms with Crippen molar-refractivity contribution < 1.29 is 8.42 Å². The molecule has 0 aliphatic heterocycles. The van der Waals surface area contributed by atoms with Crippen molar-refractivity contribution in [1.82, 2.24) is 19.6 Å². The summed E-state index contributed by atoms with van der Waals surface area (Å²) in [6.07, 6.45) is 5.78. The summed E-state index contributed by atoms with van der Waals surface area (Å²) < 4.78 is 27.5. The molecule has 2 N–H and O–H groups in total. The van der Waals surface area contributed by atoms with Gasteiger partial charge in [-0.25, -0.2) is 18.1 Å². The standard InChI is InChI=1S/C10H20N4O2S/c1-2-11-4-3-9-17(15,16)13-6-8-14-7-5-12-10-14/h5,7,10-11,13H,2-4,6,8-9H2,1H3. The average Bonchev–Trinajstić information content (AvgIpc) is 2.77. The Balaban J connectivity index is 2.16. The summed E-state index contributed by atoms with van der Waals surface area (Å²) in [5.74, 6) is 0.171. The van der Waals surface area contributed by atoms with Gasteiger partial charge in [0.15, 0.2) is 0 Å². The highest BCUT2D eigenvalue weighted by molar-refractivity contribution is 7.89. The van der Waals surface area contributed by atoms with Gasteiger partial charge in [0.05, 0.1) is 12.1 Å². The van der Waals surface area contributed by atoms with Gasteiger partial charge in [0.25, 0.3) is 0 Å². The second-order valence-electron chi connectivity index (χ2n) is 3.72. The normalized spacial score (nSPS) is 11.8. The van der Waals surface area contributed by atoms with Gasteiger partial charge in [-0.3, -0.25) is 0 Å². The Labute approximate surface area is 102 Å². The maximum atomic E-state index is 11.6. The van der Waals surface area contributed by atoms with E-state index in [1.165, 1.54) is 0 Å². The fourth-order valence-electron chi connectivity index (χ4n) is 1.39. The van der Waals surface area contributed by atoms with Crippen LogP contribution in [0.25, 0.3) is 0 Å². The number of nitrogens with one attached hydrogen (secondary N) is 2. The molecule has 0 aliphatic carbocycles. The molecule has 98 valence electrons. The maximum Gasteiger partial charge on any atom is 0.211 e. The fraction of sp³-hybridized carbons (Fsp3) is 0.700. The first-order valence-corrected chi connectivity index (χ1v) is 7.43. The smallest absolute Gasteiger partial charge is 0.211 e. The van der Waals surface area contributed by atoms with Crippen LogP contribution in [0.2, 0.25) is 0 Å². The van der Waals surface area contributed by atoms with E-state index in [0.29, 0.717) is 19.5 Å². The van der Waals surface area contributed by atoms with Crippen LogP contribution in [0.4, 0.5) is 0 Å². The van der Waals surface area contributed by atoms with E-state index in [4.69, 9.17) is 0 Å². The van der Waals surface area contributed by atoms with E-state index in [0.717, 1.165) is 13.1 Å². The molecule has 0 radical (unpaired) electrons. The van der Waals surface area contributed by atoms with Gasteiger partial charge >= 0.3 is 0 Å². The first-order valence-electron chi connectivity index (χ1n) is 5.78. The molecule has 17 heavy (non-hydrogen) atoms. The third-order valence-corrected chi connectivity index (χ3v) is 3.74. The second kappa shape index (κ2) is 7.41. The first-order chi connectivity index (χ1) is 8.14. The Bertz CT molecular complexity index is 388. The van der Waals surface area contributed by atoms with Gasteiger partial charge in [0.2, 0.25) is 10.0 Å². The molecule has 1 heterocycles. The molecule has 0 saturated carbocycles. The number of aromatic nitrogens is 2. The van der Waals surface area contributed by atoms with E-state index in [-0.39, 0.29) is 5.75 Å². The van der Waals surface area contributed by atoms with Gasteiger partial charge in [0.1, 0.15) is 0 Å². The van der Waals surface area contributed by atoms with Gasteiger partial charge in [-0.05, 0) is 19.5 Å². The lowest BCUT2D eigenvalue weighted by atomic mass is 10.5. The largest absolute Gasteiger partial charge is 0.336 e. The Kier molecular flexibility index (Phi) is 6.17. The molecular weight excluding hydrogens is 240 g/mol. The highest BCUT2D eigenvalue weighted by Crippen LogP contribution is 1.90. The SMILES string of the molecule is CCNCCCS(=O)(=O)NCCn1ccnc1. The molecule has 0 unspecified atom stereocenters. The van der Waals surface area contributed by atoms with E-state index in [2.05, 4.69) is 15.0 Å². The van der Waals surface area contributed by atoms with Crippen molar-refractivity contribution in [3.63, 3.8) is 0 Å². The Morgan fingerprint density at radius 1 is 1.35 bits per heavy atom. The Morgan fingerprint density at radius 3 is 2.82 bits per heavy atom. The third-order valence-electron chi connectivity index (χ3n) is 2.27. The molecule has 0 fully saturated rings. The Hall–Kier alpha value is -0.920. The molecule has 0 bridgehead atoms. The fourth-order valence-corrected chi connectivity index (χ4v) is 2.46. The number of sulfonamides is 1. The van der Waals surface area contributed by atoms with Gasteiger partial charge in [-0.1, -0.05) is 6.92 Å². The lowest BCUT2D eigenvalue weighted by Crippen LogP contribution is -2.30. The van der Waals surface area contributed by atoms with Crippen LogP contribution >= 0.6 is 0 Å². The maximum absolute atomic E-state index is 11.6. The van der Waals surface area contributed by atoms with Crippen LogP contribution in [0.1, 0.15) is 13.3 Å². The van der Waals surface area contributed by atoms with E-state index >= 15 is 0 Å². The van der Waals surface area contributed by atoms with E-state index in [1.54, 1.807) is 18.7 Å². The molecule has 0 aliphatic rings. The van der Waals surface area contributed by atoms with Crippen LogP contribution in [0.5, 0.6) is 0 Å². The summed E-state index contributed by atoms with van der Waals surface area (Å²) in [5, 5.41) is 3.09. The molecule has 7 heteroatoms. The minimum atomic E-state index is -3.14. The van der Waals surface area contributed by atoms with Crippen LogP contribution in [-0.4, -0.2) is 43.4 Å². The van der Waals surface area contributed by atoms with Crippen LogP contribution in [-0.2, 0) is 16.6 Å². The monoisotopic (exact) mass is 260 g/mol. The molecule has 0 atom stereocenters. The van der Waals surface area contributed by atoms with Crippen LogP contribution in [0.3, 0.4) is 0 Å². The predicted octanol–water partition coefficient (Wildman–Crippen LogP) is -0.198. The molecule has 1 aromatic rings. The van der Waals surface area contributed by atoms with Crippen molar-refractivity contribution >= 4 is 10.0 Å². The van der Waals surface area contributed by atoms with E-state index in [1.807, 2.05) is 11.5 Å². The van der Waals surface area contributed by atoms with Crippen LogP contribution in [0, 0.1) is 0 Å². The third kappa shape index (κ3) is 6.40. The van der Waals surface area contributed by atoms with E-state index < -0.39 is 10.0 Å². The van der Waals surface area contributed by atoms with Crippen molar-refractivity contribution in [2.75, 3.05) is 25.4 Å². The van der Waals surface area contributed by atoms with Crippen molar-refractivity contribution in [1.29, 1.82) is 0 Å². The lowest BCUT2D eigenvalue weighted by Gasteiger charge is -2.07. The highest BCUT2D eigenvalue weighted by Gasteiger charge is 2.08. The van der Waals surface area contributed by atoms with Crippen LogP contribution in [0.15, 0.2) is 18.7 Å². The quantitative estimate of drug-likeness (QED) is 0.603. The minimum absolute atomic E-state index is 0.171. The van der Waals surface area contributed by atoms with Crippen molar-refractivity contribution in [2.45, 2.75) is 19.9 Å². The number of rotatable bonds is 9. The number of hydrogen-bond acceptors (Lipinski definition) is 4. The van der Waals surface area contributed by atoms with Crippen molar-refractivity contribution in [3.05, 3.63) is 18.7 Å². The Morgan fingerprint density at radius 2 is 2.18 bits per heavy atom. The molecule has 0 saturated heterocycles. The summed E-state index contributed by atoms with van der Waals surface area (Å²) in [7, 11) is -3.14. The van der Waals surface area contributed by atoms with Crippen molar-refractivity contribution in [2.24, 2.45) is 0 Å². The van der Waals surface area contributed by atoms with E-state index in [9.17, 15) is 8.42 Å². The zero-order valence-corrected chi connectivity index (χ0v) is 10.9. The van der Waals surface area contributed by atoms with Gasteiger partial charge < -0.3 is 9.88 Å². The molecule has 0 aromatic carbocycles. The highest BCUT2D eigenvalue weighted by atomic mass is 32.2. The number of nitrogens with zero attached hydrogens (tertiary/aromatic N) is 2. The summed E-state index contributed by atoms with van der Waals surface area (Å²) in [6.45, 7) is 4.61. The van der Waals surface area contributed by atoms with Gasteiger partial charge in [0, 0.05) is 25.5 Å². The molecule has 0 amide bonds. The topological polar surface area (TPSA) is 76.0 Å². The van der Waals surface area contributed by atoms with Gasteiger partial charge in [-0.2, -0.15) is 0 Å². The average molecular weight is 260 g/mol. The minimum Gasteiger partial charge on any atom is -0.336 e. The number of imidazole rings is 1. The summed E-state index contributed by atoms with van der Waals surface area (Å²) >= 11 is 0. The zero-order chi connectivity index (χ0) is 12.6. The first kappa shape index (κ1) is 14.1. The summed E-state index contributed by atoms with van der Waals surface area (Å²) in [5.41, 5.74) is 0. The molecule has 0 spiro atoms. The molecular formula is C10H20N4O2S. The summed E-state index contributed by atoms with van der Waals surface area (Å²) in [6, 6.07) is 0. The number of hydrogen-bond donors (Lipinski definition) is 2. The molecule has 1 aromatic heterocycles. The second-order valence-corrected chi connectivity index (χ2v) is 5.65. The lowest BCUT2D eigenvalue weighted by molar-refractivity contribution is 0.568. The predicted molar refractivity (Wildman–Crippen MR) is 67.2 cm³/mol.